The SMILES string of the molecule is CCCCCCc1cc(-c2ccc(N(c3ccc(-c4ccc(C(C)(CC)CCC)cc4)cc3)c3ccc(-c4c(C)cc(CC(C)C)cc4C)cc3)cc2C)c(CCCCCC)cc1-c1ccc(N(c2ccc(-c3ccc(CC(C)C)cc3)cc2)c2ccc(-c3ccc(C(C)(C)CC)cc3)cc2)cc1C. The Labute approximate surface area is 629 Å². The first-order valence-electron chi connectivity index (χ1n) is 40.0. The summed E-state index contributed by atoms with van der Waals surface area (Å²) in [7, 11) is 0. The molecule has 0 amide bonds. The Morgan fingerprint density at radius 1 is 0.298 bits per heavy atom. The van der Waals surface area contributed by atoms with E-state index in [-0.39, 0.29) is 10.8 Å². The van der Waals surface area contributed by atoms with Crippen molar-refractivity contribution < 1.29 is 0 Å². The van der Waals surface area contributed by atoms with Crippen LogP contribution in [0.3, 0.4) is 0 Å². The summed E-state index contributed by atoms with van der Waals surface area (Å²) in [6, 6.07) is 89.6. The zero-order valence-corrected chi connectivity index (χ0v) is 66.3. The highest BCUT2D eigenvalue weighted by Gasteiger charge is 2.26. The van der Waals surface area contributed by atoms with Gasteiger partial charge in [-0.3, -0.25) is 0 Å². The number of nitrogens with zero attached hydrogens (tertiary/aromatic N) is 2. The molecule has 0 N–H and O–H groups in total. The molecule has 2 nitrogen and oxygen atoms in total. The van der Waals surface area contributed by atoms with Gasteiger partial charge in [0.1, 0.15) is 0 Å². The Hall–Kier alpha value is -8.98. The van der Waals surface area contributed by atoms with Gasteiger partial charge < -0.3 is 9.80 Å². The summed E-state index contributed by atoms with van der Waals surface area (Å²) >= 11 is 0. The van der Waals surface area contributed by atoms with Gasteiger partial charge in [-0.1, -0.05) is 286 Å². The first-order valence-corrected chi connectivity index (χ1v) is 40.0. The van der Waals surface area contributed by atoms with E-state index in [2.05, 4.69) is 351 Å². The van der Waals surface area contributed by atoms with Gasteiger partial charge in [0.05, 0.1) is 0 Å². The highest BCUT2D eigenvalue weighted by atomic mass is 15.1. The monoisotopic (exact) mass is 1370 g/mol. The highest BCUT2D eigenvalue weighted by molar-refractivity contribution is 5.87. The van der Waals surface area contributed by atoms with Crippen LogP contribution in [0.2, 0.25) is 0 Å². The third-order valence-electron chi connectivity index (χ3n) is 22.8. The van der Waals surface area contributed by atoms with Gasteiger partial charge in [-0.25, -0.2) is 0 Å². The molecule has 0 spiro atoms. The lowest BCUT2D eigenvalue weighted by molar-refractivity contribution is 0.414. The molecule has 0 aliphatic rings. The van der Waals surface area contributed by atoms with E-state index in [0.717, 1.165) is 85.5 Å². The number of anilines is 6. The number of hydrogen-bond acceptors (Lipinski definition) is 2. The first kappa shape index (κ1) is 76.2. The van der Waals surface area contributed by atoms with Crippen LogP contribution in [0.1, 0.15) is 216 Å². The third-order valence-corrected chi connectivity index (χ3v) is 22.8. The van der Waals surface area contributed by atoms with Gasteiger partial charge in [0, 0.05) is 34.1 Å². The minimum Gasteiger partial charge on any atom is -0.310 e. The van der Waals surface area contributed by atoms with Crippen molar-refractivity contribution >= 4 is 34.1 Å². The molecule has 0 saturated carbocycles. The Bertz CT molecular complexity index is 4560. The first-order chi connectivity index (χ1) is 50.2. The molecule has 11 rings (SSSR count). The normalized spacial score (nSPS) is 12.3. The Morgan fingerprint density at radius 2 is 0.644 bits per heavy atom. The molecular weight excluding hydrogens is 1250 g/mol. The summed E-state index contributed by atoms with van der Waals surface area (Å²) in [6.07, 6.45) is 18.5. The number of hydrogen-bond donors (Lipinski definition) is 0. The van der Waals surface area contributed by atoms with Crippen molar-refractivity contribution in [1.29, 1.82) is 0 Å². The van der Waals surface area contributed by atoms with Gasteiger partial charge in [-0.05, 0) is 303 Å². The van der Waals surface area contributed by atoms with Crippen LogP contribution >= 0.6 is 0 Å². The van der Waals surface area contributed by atoms with Gasteiger partial charge in [-0.2, -0.15) is 0 Å². The van der Waals surface area contributed by atoms with E-state index in [1.165, 1.54) is 174 Å². The average molecular weight is 1370 g/mol. The summed E-state index contributed by atoms with van der Waals surface area (Å²) in [4.78, 5) is 4.93. The van der Waals surface area contributed by atoms with Crippen LogP contribution in [0.15, 0.2) is 231 Å². The minimum atomic E-state index is 0.141. The number of aryl methyl sites for hydroxylation is 6. The Morgan fingerprint density at radius 3 is 0.990 bits per heavy atom. The minimum absolute atomic E-state index is 0.141. The molecule has 1 atom stereocenters. The van der Waals surface area contributed by atoms with Gasteiger partial charge >= 0.3 is 0 Å². The molecule has 11 aromatic carbocycles. The quantitative estimate of drug-likeness (QED) is 0.0388. The molecular formula is C102H120N2. The van der Waals surface area contributed by atoms with Crippen molar-refractivity contribution in [3.63, 3.8) is 0 Å². The zero-order valence-electron chi connectivity index (χ0n) is 66.3. The van der Waals surface area contributed by atoms with Crippen LogP contribution in [0.25, 0.3) is 66.8 Å². The fourth-order valence-electron chi connectivity index (χ4n) is 16.2. The number of benzene rings is 11. The van der Waals surface area contributed by atoms with E-state index in [4.69, 9.17) is 0 Å². The molecule has 0 bridgehead atoms. The van der Waals surface area contributed by atoms with Gasteiger partial charge in [0.15, 0.2) is 0 Å². The fourth-order valence-corrected chi connectivity index (χ4v) is 16.2. The zero-order chi connectivity index (χ0) is 73.7. The predicted molar refractivity (Wildman–Crippen MR) is 456 cm³/mol. The van der Waals surface area contributed by atoms with Crippen molar-refractivity contribution in [3.8, 4) is 66.8 Å². The van der Waals surface area contributed by atoms with Crippen molar-refractivity contribution in [2.24, 2.45) is 11.8 Å². The maximum atomic E-state index is 2.63. The van der Waals surface area contributed by atoms with E-state index in [0.29, 0.717) is 11.8 Å². The molecule has 1 unspecified atom stereocenters. The topological polar surface area (TPSA) is 6.48 Å². The molecule has 0 radical (unpaired) electrons. The fraction of sp³-hybridized carbons (Fsp3) is 0.353. The van der Waals surface area contributed by atoms with Crippen LogP contribution < -0.4 is 9.80 Å². The second kappa shape index (κ2) is 34.7. The average Bonchev–Trinajstić information content (AvgIpc) is 0.765. The molecule has 104 heavy (non-hydrogen) atoms. The molecule has 0 fully saturated rings. The Kier molecular flexibility index (Phi) is 25.4. The maximum absolute atomic E-state index is 2.63. The van der Waals surface area contributed by atoms with Crippen molar-refractivity contribution in [1.82, 2.24) is 0 Å². The van der Waals surface area contributed by atoms with Gasteiger partial charge in [0.2, 0.25) is 0 Å². The lowest BCUT2D eigenvalue weighted by Gasteiger charge is -2.29. The lowest BCUT2D eigenvalue weighted by atomic mass is 9.76. The molecule has 538 valence electrons. The Balaban J connectivity index is 0.982. The summed E-state index contributed by atoms with van der Waals surface area (Å²) in [5, 5.41) is 0. The maximum Gasteiger partial charge on any atom is 0.0464 e. The van der Waals surface area contributed by atoms with Crippen LogP contribution in [-0.2, 0) is 36.5 Å². The molecule has 0 aliphatic heterocycles. The van der Waals surface area contributed by atoms with E-state index < -0.39 is 0 Å². The second-order valence-corrected chi connectivity index (χ2v) is 32.2. The molecule has 0 aliphatic carbocycles. The van der Waals surface area contributed by atoms with E-state index >= 15 is 0 Å². The molecule has 2 heteroatoms. The standard InChI is InChI=1S/C102H120N2/c1-17-22-24-26-28-86-70-99(97-61-59-95(68-74(97)11)104(93-56-44-85(45-57-93)100-75(12)65-78(64-72(8)9)66-76(100)13)92-54-42-84(43-55-92)81-36-48-89(49-37-81)102(16,21-5)62-19-3)87(29-27-25-23-18-2)69-98(86)96-60-58-94(67-73(96)10)103(90-50-38-82(39-51-90)79-32-30-77(31-33-79)63-71(6)7)91-52-40-83(41-53-91)80-34-46-88(47-35-80)101(14,15)20-4/h30-61,65-72H,17-29,62-64H2,1-16H3. The van der Waals surface area contributed by atoms with Crippen molar-refractivity contribution in [2.45, 2.75) is 224 Å². The third kappa shape index (κ3) is 18.0. The largest absolute Gasteiger partial charge is 0.310 e. The highest BCUT2D eigenvalue weighted by Crippen LogP contribution is 2.45. The van der Waals surface area contributed by atoms with Crippen LogP contribution in [0.4, 0.5) is 34.1 Å². The van der Waals surface area contributed by atoms with E-state index in [1.54, 1.807) is 0 Å². The van der Waals surface area contributed by atoms with Gasteiger partial charge in [0.25, 0.3) is 0 Å². The molecule has 0 saturated heterocycles. The van der Waals surface area contributed by atoms with E-state index in [1.807, 2.05) is 0 Å². The van der Waals surface area contributed by atoms with E-state index in [9.17, 15) is 0 Å². The van der Waals surface area contributed by atoms with Crippen LogP contribution in [0.5, 0.6) is 0 Å². The van der Waals surface area contributed by atoms with Crippen LogP contribution in [-0.4, -0.2) is 0 Å². The number of unbranched alkanes of at least 4 members (excludes halogenated alkanes) is 6. The summed E-state index contributed by atoms with van der Waals surface area (Å²) in [5.41, 5.74) is 36.3. The smallest absolute Gasteiger partial charge is 0.0464 e. The van der Waals surface area contributed by atoms with Gasteiger partial charge in [-0.15, -0.1) is 0 Å². The molecule has 11 aromatic rings. The lowest BCUT2D eigenvalue weighted by Crippen LogP contribution is -2.20. The summed E-state index contributed by atoms with van der Waals surface area (Å²) in [6.45, 7) is 37.2. The van der Waals surface area contributed by atoms with Crippen molar-refractivity contribution in [3.05, 3.63) is 286 Å². The van der Waals surface area contributed by atoms with Crippen molar-refractivity contribution in [2.75, 3.05) is 9.80 Å². The summed E-state index contributed by atoms with van der Waals surface area (Å²) < 4.78 is 0. The molecule has 0 aromatic heterocycles. The predicted octanol–water partition coefficient (Wildman–Crippen LogP) is 30.7. The van der Waals surface area contributed by atoms with Crippen LogP contribution in [0, 0.1) is 39.5 Å². The summed E-state index contributed by atoms with van der Waals surface area (Å²) in [5.74, 6) is 1.24. The number of rotatable bonds is 32. The second-order valence-electron chi connectivity index (χ2n) is 32.2. The molecule has 0 heterocycles.